The molecule has 54 atom stereocenters. The summed E-state index contributed by atoms with van der Waals surface area (Å²) in [7, 11) is 0. The van der Waals surface area contributed by atoms with Crippen LogP contribution in [0.2, 0.25) is 0 Å². The van der Waals surface area contributed by atoms with E-state index in [0.29, 0.717) is 0 Å². The number of rotatable bonds is 38. The van der Waals surface area contributed by atoms with E-state index in [-0.39, 0.29) is 0 Å². The molecule has 0 aliphatic carbocycles. The van der Waals surface area contributed by atoms with Gasteiger partial charge in [-0.2, -0.15) is 0 Å². The Morgan fingerprint density at radius 2 is 0.570 bits per heavy atom. The van der Waals surface area contributed by atoms with Gasteiger partial charge >= 0.3 is 0 Å². The van der Waals surface area contributed by atoms with Gasteiger partial charge in [0.25, 0.3) is 0 Å². The van der Waals surface area contributed by atoms with Gasteiger partial charge in [-0.1, -0.05) is 0 Å². The van der Waals surface area contributed by atoms with Crippen LogP contribution in [-0.2, 0) is 119 Å². The molecule has 10 aliphatic heterocycles. The van der Waals surface area contributed by atoms with E-state index in [4.69, 9.17) is 94.7 Å². The second-order valence-electron chi connectivity index (χ2n) is 34.3. The molecule has 10 saturated heterocycles. The molecule has 0 aromatic carbocycles. The highest BCUT2D eigenvalue weighted by Crippen LogP contribution is 2.41. The van der Waals surface area contributed by atoms with E-state index < -0.39 is 427 Å². The van der Waals surface area contributed by atoms with Gasteiger partial charge in [0.15, 0.2) is 62.9 Å². The summed E-state index contributed by atoms with van der Waals surface area (Å²) in [4.78, 5) is 64.8. The topological polar surface area (TPSA) is 917 Å². The number of amides is 5. The molecule has 0 radical (unpaired) electrons. The fourth-order valence-electron chi connectivity index (χ4n) is 17.2. The van der Waals surface area contributed by atoms with E-state index in [1.807, 2.05) is 0 Å². The Morgan fingerprint density at radius 3 is 0.963 bits per heavy atom. The molecular formula is C76H129N5O54. The van der Waals surface area contributed by atoms with E-state index in [0.717, 1.165) is 34.6 Å². The van der Waals surface area contributed by atoms with Crippen LogP contribution < -0.4 is 26.6 Å². The summed E-state index contributed by atoms with van der Waals surface area (Å²) >= 11 is 0. The molecule has 59 nitrogen and oxygen atoms in total. The van der Waals surface area contributed by atoms with Crippen molar-refractivity contribution >= 4 is 29.5 Å². The summed E-state index contributed by atoms with van der Waals surface area (Å²) in [5.74, 6) is -4.80. The number of hydrogen-bond donors (Lipinski definition) is 34. The molecule has 10 rings (SSSR count). The molecule has 10 fully saturated rings. The summed E-state index contributed by atoms with van der Waals surface area (Å²) in [5.41, 5.74) is 0. The minimum atomic E-state index is -2.66. The van der Waals surface area contributed by atoms with Crippen LogP contribution in [0.25, 0.3) is 0 Å². The second kappa shape index (κ2) is 49.6. The fraction of sp³-hybridized carbons (Fsp3) is 0.934. The molecule has 0 spiro atoms. The third-order valence-corrected chi connectivity index (χ3v) is 24.5. The normalized spacial score (nSPS) is 47.0. The highest BCUT2D eigenvalue weighted by Gasteiger charge is 2.62. The van der Waals surface area contributed by atoms with E-state index in [1.54, 1.807) is 0 Å². The largest absolute Gasteiger partial charge is 0.394 e. The van der Waals surface area contributed by atoms with Crippen molar-refractivity contribution in [2.75, 3.05) is 66.1 Å². The van der Waals surface area contributed by atoms with Gasteiger partial charge in [0.2, 0.25) is 29.5 Å². The lowest BCUT2D eigenvalue weighted by Crippen LogP contribution is -2.70. The first-order valence-corrected chi connectivity index (χ1v) is 43.3. The van der Waals surface area contributed by atoms with E-state index in [9.17, 15) is 172 Å². The standard InChI is InChI=1S/C76H129N5O54/c1-18-39(96)50(107)55(112)71(118-18)134-65-52(109)43(100)28(10-84)121-75(65)131-61-31(13-87)123-67(36(48(61)105)79-22(5)92)116-16-26(95)41(98)59(25(8-82)77-20(3)90)128-74-58(115)64(133-70-38(81-24(7)94)49(106)62(32(14-88)125-70)132-76-66(53(110)44(101)29(11-85)122-76)135-72-56(113)51(108)40(97)19(2)119-72)45(102)34(127-74)17-117-68-37(80-23(6)93)47(104)60(30(12-86)124-68)130-73-57(114)54(111)63(33(15-89)126-73)129-69-35(78-21(4)91)46(103)42(99)27(9-83)120-69/h18-19,25-76,82-89,95-115H,8-17H2,1-7H3,(H,77,90)(H,78,91)(H,79,92)(H,80,93)(H,81,94)/t18-,19-,25-,26+,27+,28+,29+,30+,31+,32+,33+,34+,35+,36+,37+,38+,39+,40+,41-,42+,43-,44-,45-,46+,47+,48+,49+,50+,51+,52-,53-,54+,55-,56-,57+,58+,59+,60+,61+,62+,63-,64-,65+,66+,67+,68+,69+,70-,71-,72-,73-,74-,75-,76-/m0/s1. The van der Waals surface area contributed by atoms with Gasteiger partial charge in [-0.3, -0.25) is 24.0 Å². The number of aliphatic hydroxyl groups excluding tert-OH is 29. The van der Waals surface area contributed by atoms with Gasteiger partial charge in [-0.25, -0.2) is 0 Å². The van der Waals surface area contributed by atoms with Crippen molar-refractivity contribution in [3.8, 4) is 0 Å². The Morgan fingerprint density at radius 1 is 0.274 bits per heavy atom. The van der Waals surface area contributed by atoms with Crippen molar-refractivity contribution in [3.63, 3.8) is 0 Å². The van der Waals surface area contributed by atoms with E-state index in [1.165, 1.54) is 13.8 Å². The van der Waals surface area contributed by atoms with Gasteiger partial charge in [-0.05, 0) is 13.8 Å². The molecule has 0 bridgehead atoms. The summed E-state index contributed by atoms with van der Waals surface area (Å²) < 4.78 is 118. The summed E-state index contributed by atoms with van der Waals surface area (Å²) in [6.45, 7) is -4.38. The van der Waals surface area contributed by atoms with Crippen LogP contribution in [-0.4, -0.2) is 575 Å². The molecule has 135 heavy (non-hydrogen) atoms. The van der Waals surface area contributed by atoms with Gasteiger partial charge in [0, 0.05) is 34.6 Å². The van der Waals surface area contributed by atoms with Crippen LogP contribution in [0.5, 0.6) is 0 Å². The Kier molecular flexibility index (Phi) is 41.3. The predicted molar refractivity (Wildman–Crippen MR) is 420 cm³/mol. The zero-order valence-corrected chi connectivity index (χ0v) is 73.4. The maximum Gasteiger partial charge on any atom is 0.217 e. The fourth-order valence-corrected chi connectivity index (χ4v) is 17.2. The Balaban J connectivity index is 0.942. The zero-order valence-electron chi connectivity index (χ0n) is 73.4. The summed E-state index contributed by atoms with van der Waals surface area (Å²) in [5, 5.41) is 337. The molecule has 0 aromatic heterocycles. The number of carbonyl (C=O) groups is 5. The first-order chi connectivity index (χ1) is 63.7. The molecule has 59 heteroatoms. The Labute approximate surface area is 766 Å². The third kappa shape index (κ3) is 25.8. The van der Waals surface area contributed by atoms with Crippen molar-refractivity contribution < 1.29 is 267 Å². The van der Waals surface area contributed by atoms with Crippen molar-refractivity contribution in [1.29, 1.82) is 0 Å². The van der Waals surface area contributed by atoms with Crippen LogP contribution in [0.1, 0.15) is 48.5 Å². The molecule has 10 heterocycles. The van der Waals surface area contributed by atoms with Crippen LogP contribution in [0.15, 0.2) is 0 Å². The predicted octanol–water partition coefficient (Wildman–Crippen LogP) is -22.6. The molecule has 5 amide bonds. The highest BCUT2D eigenvalue weighted by molar-refractivity contribution is 5.75. The molecule has 0 aromatic rings. The SMILES string of the molecule is CC(=O)N[C@H]1[C@H](OC[C@H]2O[C@@H](O[C@@H]([C@@H](O)[C@H](O)CO[C@@H]3O[C@H](CO)[C@@H](O[C@@H]4O[C@H](CO)[C@H](O)[C@H](O)[C@H]4O[C@@H]4O[C@@H](C)[C@@H](O)[C@@H](O)[C@@H]4O)[C@H](O)[C@H]3NC(C)=O)[C@H](CO)NC(C)=O)[C@H](O)[C@@H](O[C@@H]3O[C@H](CO)[C@@H](O[C@@H]4O[C@H](CO)[C@H](O)[C@H](O)[C@H]4O[C@@H]4O[C@@H](C)[C@@H](O)[C@@H](O)[C@@H]4O)[C@H](O)[C@H]3NC(C)=O)[C@H]2O)O[C@H](CO)[C@@H](O[C@@H]2O[C@H](CO)[C@H](O[C@H]3O[C@H](CO)[C@@H](O)[C@H](O)[C@H]3NC(C)=O)[C@H](O)[C@H]2O)[C@@H]1O. The van der Waals surface area contributed by atoms with Gasteiger partial charge < -0.3 is 269 Å². The van der Waals surface area contributed by atoms with Crippen LogP contribution in [0.4, 0.5) is 0 Å². The van der Waals surface area contributed by atoms with Crippen LogP contribution in [0, 0.1) is 0 Å². The number of nitrogens with one attached hydrogen (secondary N) is 5. The minimum absolute atomic E-state index is 0.795. The zero-order chi connectivity index (χ0) is 99.8. The smallest absolute Gasteiger partial charge is 0.217 e. The highest BCUT2D eigenvalue weighted by atomic mass is 16.8. The molecule has 0 saturated carbocycles. The lowest BCUT2D eigenvalue weighted by atomic mass is 9.94. The third-order valence-electron chi connectivity index (χ3n) is 24.5. The average Bonchev–Trinajstić information content (AvgIpc) is 0.768. The van der Waals surface area contributed by atoms with Crippen LogP contribution >= 0.6 is 0 Å². The lowest BCUT2D eigenvalue weighted by Gasteiger charge is -2.50. The van der Waals surface area contributed by atoms with Crippen LogP contribution in [0.3, 0.4) is 0 Å². The first kappa shape index (κ1) is 112. The molecule has 34 N–H and O–H groups in total. The quantitative estimate of drug-likeness (QED) is 0.0273. The number of aliphatic hydroxyl groups is 29. The Bertz CT molecular complexity index is 3690. The van der Waals surface area contributed by atoms with Crippen molar-refractivity contribution in [2.45, 2.75) is 380 Å². The minimum Gasteiger partial charge on any atom is -0.394 e. The summed E-state index contributed by atoms with van der Waals surface area (Å²) in [6, 6.07) is -9.62. The van der Waals surface area contributed by atoms with Crippen molar-refractivity contribution in [2.24, 2.45) is 0 Å². The van der Waals surface area contributed by atoms with Gasteiger partial charge in [0.05, 0.1) is 84.3 Å². The Hall–Kier alpha value is -4.61. The molecule has 10 aliphatic rings. The van der Waals surface area contributed by atoms with Crippen molar-refractivity contribution in [3.05, 3.63) is 0 Å². The number of hydrogen-bond acceptors (Lipinski definition) is 54. The maximum atomic E-state index is 13.3. The van der Waals surface area contributed by atoms with E-state index in [2.05, 4.69) is 26.6 Å². The number of carbonyl (C=O) groups excluding carboxylic acids is 5. The molecule has 0 unspecified atom stereocenters. The second-order valence-corrected chi connectivity index (χ2v) is 34.3. The van der Waals surface area contributed by atoms with Gasteiger partial charge in [0.1, 0.15) is 250 Å². The lowest BCUT2D eigenvalue weighted by molar-refractivity contribution is -0.390. The summed E-state index contributed by atoms with van der Waals surface area (Å²) in [6.07, 6.45) is -101. The molecule has 782 valence electrons. The molecular weight excluding hydrogens is 1850 g/mol. The number of ether oxygens (including phenoxy) is 20. The average molecular weight is 1980 g/mol. The van der Waals surface area contributed by atoms with Crippen molar-refractivity contribution in [1.82, 2.24) is 26.6 Å². The van der Waals surface area contributed by atoms with E-state index >= 15 is 0 Å². The first-order valence-electron chi connectivity index (χ1n) is 43.3. The maximum absolute atomic E-state index is 13.3. The monoisotopic (exact) mass is 1980 g/mol. The van der Waals surface area contributed by atoms with Gasteiger partial charge in [-0.15, -0.1) is 0 Å².